The Kier molecular flexibility index (Phi) is 4.74. The molecule has 1 rings (SSSR count). The maximum atomic E-state index is 5.92. The molecule has 92 valence electrons. The van der Waals surface area contributed by atoms with Crippen LogP contribution in [0.3, 0.4) is 0 Å². The van der Waals surface area contributed by atoms with E-state index in [4.69, 9.17) is 5.73 Å². The lowest BCUT2D eigenvalue weighted by molar-refractivity contribution is 0.590. The molecule has 1 unspecified atom stereocenters. The Bertz CT molecular complexity index is 329. The highest BCUT2D eigenvalue weighted by molar-refractivity contribution is 7.15. The second-order valence-electron chi connectivity index (χ2n) is 4.32. The predicted octanol–water partition coefficient (Wildman–Crippen LogP) is 3.10. The Morgan fingerprint density at radius 1 is 1.38 bits per heavy atom. The summed E-state index contributed by atoms with van der Waals surface area (Å²) in [5.41, 5.74) is 7.00. The van der Waals surface area contributed by atoms with Crippen molar-refractivity contribution in [3.05, 3.63) is 10.6 Å². The van der Waals surface area contributed by atoms with E-state index in [2.05, 4.69) is 30.8 Å². The molecule has 0 aliphatic heterocycles. The Labute approximate surface area is 103 Å². The number of anilines is 1. The third-order valence-corrected chi connectivity index (χ3v) is 4.48. The number of rotatable bonds is 5. The van der Waals surface area contributed by atoms with Gasteiger partial charge < -0.3 is 10.6 Å². The number of aryl methyl sites for hydroxylation is 1. The van der Waals surface area contributed by atoms with Crippen molar-refractivity contribution >= 4 is 16.5 Å². The van der Waals surface area contributed by atoms with E-state index in [1.54, 1.807) is 11.3 Å². The fraction of sp³-hybridized carbons (Fsp3) is 0.750. The van der Waals surface area contributed by atoms with Crippen LogP contribution in [0.15, 0.2) is 0 Å². The molecule has 2 N–H and O–H groups in total. The van der Waals surface area contributed by atoms with E-state index in [0.717, 1.165) is 23.7 Å². The molecule has 0 aromatic carbocycles. The van der Waals surface area contributed by atoms with Gasteiger partial charge >= 0.3 is 0 Å². The molecule has 4 heteroatoms. The quantitative estimate of drug-likeness (QED) is 0.861. The third-order valence-electron chi connectivity index (χ3n) is 3.03. The minimum absolute atomic E-state index is 0.0846. The molecular weight excluding hydrogens is 218 g/mol. The first-order valence-electron chi connectivity index (χ1n) is 5.96. The SMILES string of the molecule is CCC(CC)N(C)c1nc(C)c(C(C)N)s1. The van der Waals surface area contributed by atoms with E-state index in [1.807, 2.05) is 13.8 Å². The highest BCUT2D eigenvalue weighted by Gasteiger charge is 2.17. The van der Waals surface area contributed by atoms with Gasteiger partial charge in [0.05, 0.1) is 5.69 Å². The monoisotopic (exact) mass is 241 g/mol. The molecule has 1 atom stereocenters. The molecule has 0 fully saturated rings. The van der Waals surface area contributed by atoms with Gasteiger partial charge in [0.1, 0.15) is 0 Å². The first-order valence-corrected chi connectivity index (χ1v) is 6.78. The van der Waals surface area contributed by atoms with E-state index < -0.39 is 0 Å². The fourth-order valence-electron chi connectivity index (χ4n) is 1.96. The second kappa shape index (κ2) is 5.64. The minimum Gasteiger partial charge on any atom is -0.348 e. The van der Waals surface area contributed by atoms with Gasteiger partial charge in [-0.3, -0.25) is 0 Å². The van der Waals surface area contributed by atoms with Crippen LogP contribution in [-0.4, -0.2) is 18.1 Å². The molecule has 3 nitrogen and oxygen atoms in total. The average Bonchev–Trinajstić information content (AvgIpc) is 2.62. The van der Waals surface area contributed by atoms with Gasteiger partial charge in [-0.1, -0.05) is 13.8 Å². The van der Waals surface area contributed by atoms with Crippen LogP contribution in [0, 0.1) is 6.92 Å². The first-order chi connectivity index (χ1) is 7.51. The molecule has 0 amide bonds. The van der Waals surface area contributed by atoms with Gasteiger partial charge in [-0.25, -0.2) is 4.98 Å². The van der Waals surface area contributed by atoms with Crippen LogP contribution >= 0.6 is 11.3 Å². The Morgan fingerprint density at radius 3 is 2.31 bits per heavy atom. The third kappa shape index (κ3) is 2.74. The lowest BCUT2D eigenvalue weighted by atomic mass is 10.1. The Hall–Kier alpha value is -0.610. The first kappa shape index (κ1) is 13.5. The van der Waals surface area contributed by atoms with Crippen molar-refractivity contribution in [3.63, 3.8) is 0 Å². The van der Waals surface area contributed by atoms with Gasteiger partial charge in [-0.15, -0.1) is 11.3 Å². The van der Waals surface area contributed by atoms with Gasteiger partial charge in [-0.2, -0.15) is 0 Å². The molecule has 16 heavy (non-hydrogen) atoms. The van der Waals surface area contributed by atoms with Gasteiger partial charge in [-0.05, 0) is 26.7 Å². The molecule has 0 radical (unpaired) electrons. The number of nitrogens with zero attached hydrogens (tertiary/aromatic N) is 2. The van der Waals surface area contributed by atoms with Crippen molar-refractivity contribution in [2.75, 3.05) is 11.9 Å². The van der Waals surface area contributed by atoms with Crippen LogP contribution in [-0.2, 0) is 0 Å². The molecule has 0 spiro atoms. The standard InChI is InChI=1S/C12H23N3S/c1-6-10(7-2)15(5)12-14-9(4)11(16-12)8(3)13/h8,10H,6-7,13H2,1-5H3. The van der Waals surface area contributed by atoms with Crippen LogP contribution in [0.25, 0.3) is 0 Å². The van der Waals surface area contributed by atoms with E-state index in [-0.39, 0.29) is 6.04 Å². The molecule has 1 heterocycles. The highest BCUT2D eigenvalue weighted by atomic mass is 32.1. The summed E-state index contributed by atoms with van der Waals surface area (Å²) in [6, 6.07) is 0.660. The highest BCUT2D eigenvalue weighted by Crippen LogP contribution is 2.30. The molecule has 1 aromatic rings. The average molecular weight is 241 g/mol. The molecule has 1 aromatic heterocycles. The number of hydrogen-bond acceptors (Lipinski definition) is 4. The summed E-state index contributed by atoms with van der Waals surface area (Å²) < 4.78 is 0. The normalized spacial score (nSPS) is 13.2. The zero-order chi connectivity index (χ0) is 12.3. The molecule has 0 aliphatic carbocycles. The van der Waals surface area contributed by atoms with E-state index in [0.29, 0.717) is 6.04 Å². The van der Waals surface area contributed by atoms with Crippen molar-refractivity contribution in [1.29, 1.82) is 0 Å². The topological polar surface area (TPSA) is 42.2 Å². The number of aromatic nitrogens is 1. The zero-order valence-electron chi connectivity index (χ0n) is 10.9. The summed E-state index contributed by atoms with van der Waals surface area (Å²) in [5.74, 6) is 0. The van der Waals surface area contributed by atoms with Gasteiger partial charge in [0, 0.05) is 24.0 Å². The van der Waals surface area contributed by atoms with Crippen LogP contribution in [0.5, 0.6) is 0 Å². The van der Waals surface area contributed by atoms with Gasteiger partial charge in [0.2, 0.25) is 0 Å². The predicted molar refractivity (Wildman–Crippen MR) is 72.2 cm³/mol. The maximum absolute atomic E-state index is 5.92. The summed E-state index contributed by atoms with van der Waals surface area (Å²) in [5, 5.41) is 1.10. The number of thiazole rings is 1. The summed E-state index contributed by atoms with van der Waals surface area (Å²) in [6.45, 7) is 8.50. The molecule has 0 bridgehead atoms. The second-order valence-corrected chi connectivity index (χ2v) is 5.33. The largest absolute Gasteiger partial charge is 0.348 e. The van der Waals surface area contributed by atoms with Crippen molar-refractivity contribution in [2.24, 2.45) is 5.73 Å². The minimum atomic E-state index is 0.0846. The summed E-state index contributed by atoms with van der Waals surface area (Å²) in [7, 11) is 2.13. The van der Waals surface area contributed by atoms with Crippen LogP contribution < -0.4 is 10.6 Å². The fourth-order valence-corrected chi connectivity index (χ4v) is 3.01. The van der Waals surface area contributed by atoms with E-state index in [9.17, 15) is 0 Å². The molecule has 0 saturated carbocycles. The lowest BCUT2D eigenvalue weighted by Crippen LogP contribution is -2.30. The van der Waals surface area contributed by atoms with Crippen molar-refractivity contribution < 1.29 is 0 Å². The Morgan fingerprint density at radius 2 is 1.94 bits per heavy atom. The van der Waals surface area contributed by atoms with Crippen molar-refractivity contribution in [1.82, 2.24) is 4.98 Å². The van der Waals surface area contributed by atoms with Crippen LogP contribution in [0.1, 0.15) is 50.2 Å². The number of hydrogen-bond donors (Lipinski definition) is 1. The van der Waals surface area contributed by atoms with Gasteiger partial charge in [0.25, 0.3) is 0 Å². The molecular formula is C12H23N3S. The van der Waals surface area contributed by atoms with E-state index >= 15 is 0 Å². The molecule has 0 aliphatic rings. The lowest BCUT2D eigenvalue weighted by Gasteiger charge is -2.25. The van der Waals surface area contributed by atoms with Crippen molar-refractivity contribution in [3.8, 4) is 0 Å². The smallest absolute Gasteiger partial charge is 0.185 e. The number of nitrogens with two attached hydrogens (primary N) is 1. The van der Waals surface area contributed by atoms with Crippen LogP contribution in [0.2, 0.25) is 0 Å². The Balaban J connectivity index is 2.92. The maximum Gasteiger partial charge on any atom is 0.185 e. The summed E-state index contributed by atoms with van der Waals surface area (Å²) in [6.07, 6.45) is 2.30. The van der Waals surface area contributed by atoms with E-state index in [1.165, 1.54) is 4.88 Å². The summed E-state index contributed by atoms with van der Waals surface area (Å²) >= 11 is 1.72. The van der Waals surface area contributed by atoms with Gasteiger partial charge in [0.15, 0.2) is 5.13 Å². The van der Waals surface area contributed by atoms with Crippen LogP contribution in [0.4, 0.5) is 5.13 Å². The van der Waals surface area contributed by atoms with Crippen molar-refractivity contribution in [2.45, 2.75) is 52.6 Å². The summed E-state index contributed by atoms with van der Waals surface area (Å²) in [4.78, 5) is 8.10. The molecule has 0 saturated heterocycles. The zero-order valence-corrected chi connectivity index (χ0v) is 11.8.